The molecule has 3 amide bonds. The van der Waals surface area contributed by atoms with Crippen LogP contribution in [-0.2, 0) is 21.2 Å². The van der Waals surface area contributed by atoms with Gasteiger partial charge in [0, 0.05) is 16.6 Å². The number of pyridine rings is 1. The van der Waals surface area contributed by atoms with Gasteiger partial charge in [-0.3, -0.25) is 15.1 Å². The van der Waals surface area contributed by atoms with Crippen molar-refractivity contribution in [2.24, 2.45) is 5.92 Å². The van der Waals surface area contributed by atoms with E-state index in [-0.39, 0.29) is 4.90 Å². The smallest absolute Gasteiger partial charge is 0.322 e. The zero-order valence-electron chi connectivity index (χ0n) is 18.6. The monoisotopic (exact) mass is 467 g/mol. The second kappa shape index (κ2) is 8.47. The molecule has 4 rings (SSSR count). The van der Waals surface area contributed by atoms with E-state index in [0.717, 1.165) is 22.2 Å². The lowest BCUT2D eigenvalue weighted by molar-refractivity contribution is -0.124. The van der Waals surface area contributed by atoms with Crippen molar-refractivity contribution in [1.82, 2.24) is 15.6 Å². The maximum Gasteiger partial charge on any atom is 0.322 e. The number of hydrogen-bond acceptors (Lipinski definition) is 6. The van der Waals surface area contributed by atoms with Gasteiger partial charge < -0.3 is 10.1 Å². The Kier molecular flexibility index (Phi) is 5.84. The Morgan fingerprint density at radius 2 is 1.76 bits per heavy atom. The molecule has 1 aliphatic heterocycles. The Hall–Kier alpha value is -3.46. The fourth-order valence-corrected chi connectivity index (χ4v) is 5.84. The number of imide groups is 1. The molecule has 9 heteroatoms. The number of benzene rings is 2. The van der Waals surface area contributed by atoms with E-state index in [9.17, 15) is 18.0 Å². The van der Waals surface area contributed by atoms with Gasteiger partial charge in [0.2, 0.25) is 0 Å². The Morgan fingerprint density at radius 3 is 2.39 bits per heavy atom. The van der Waals surface area contributed by atoms with Crippen LogP contribution in [-0.4, -0.2) is 36.6 Å². The van der Waals surface area contributed by atoms with Crippen LogP contribution in [0.3, 0.4) is 0 Å². The predicted molar refractivity (Wildman–Crippen MR) is 124 cm³/mol. The molecular formula is C24H25N3O5S. The summed E-state index contributed by atoms with van der Waals surface area (Å²) in [5.74, 6) is -1.07. The van der Waals surface area contributed by atoms with E-state index < -0.39 is 39.0 Å². The first-order chi connectivity index (χ1) is 15.6. The SMILES string of the molecule is Cc1cc(COc2ccc(S(=O)(=O)CC3(C(C)C)NC(=O)NC3=O)cc2)c2ccccc2n1. The number of aromatic nitrogens is 1. The fourth-order valence-electron chi connectivity index (χ4n) is 3.98. The van der Waals surface area contributed by atoms with Gasteiger partial charge in [-0.1, -0.05) is 32.0 Å². The molecule has 1 saturated heterocycles. The number of urea groups is 1. The van der Waals surface area contributed by atoms with Crippen molar-refractivity contribution in [2.45, 2.75) is 37.8 Å². The van der Waals surface area contributed by atoms with Crippen LogP contribution in [0.4, 0.5) is 4.79 Å². The van der Waals surface area contributed by atoms with E-state index in [2.05, 4.69) is 15.6 Å². The zero-order valence-corrected chi connectivity index (χ0v) is 19.4. The number of rotatable bonds is 7. The van der Waals surface area contributed by atoms with Crippen molar-refractivity contribution < 1.29 is 22.7 Å². The molecule has 2 heterocycles. The summed E-state index contributed by atoms with van der Waals surface area (Å²) in [4.78, 5) is 28.6. The van der Waals surface area contributed by atoms with E-state index in [4.69, 9.17) is 4.74 Å². The highest BCUT2D eigenvalue weighted by atomic mass is 32.2. The molecule has 2 aromatic carbocycles. The van der Waals surface area contributed by atoms with Crippen LogP contribution in [0.25, 0.3) is 10.9 Å². The van der Waals surface area contributed by atoms with Gasteiger partial charge in [0.15, 0.2) is 9.84 Å². The van der Waals surface area contributed by atoms with Crippen molar-refractivity contribution in [3.05, 3.63) is 65.9 Å². The second-order valence-corrected chi connectivity index (χ2v) is 10.5. The van der Waals surface area contributed by atoms with Crippen LogP contribution in [0.5, 0.6) is 5.75 Å². The van der Waals surface area contributed by atoms with Crippen molar-refractivity contribution >= 4 is 32.7 Å². The van der Waals surface area contributed by atoms with Crippen molar-refractivity contribution in [3.8, 4) is 5.75 Å². The molecule has 1 unspecified atom stereocenters. The molecule has 0 aliphatic carbocycles. The zero-order chi connectivity index (χ0) is 23.8. The van der Waals surface area contributed by atoms with Crippen molar-refractivity contribution in [2.75, 3.05) is 5.75 Å². The first-order valence-corrected chi connectivity index (χ1v) is 12.2. The number of aryl methyl sites for hydroxylation is 1. The summed E-state index contributed by atoms with van der Waals surface area (Å²) in [6.07, 6.45) is 0. The van der Waals surface area contributed by atoms with E-state index in [1.165, 1.54) is 12.1 Å². The highest BCUT2D eigenvalue weighted by Gasteiger charge is 2.51. The van der Waals surface area contributed by atoms with Crippen molar-refractivity contribution in [1.29, 1.82) is 0 Å². The van der Waals surface area contributed by atoms with Gasteiger partial charge in [-0.15, -0.1) is 0 Å². The summed E-state index contributed by atoms with van der Waals surface area (Å²) < 4.78 is 32.0. The Labute approximate surface area is 192 Å². The van der Waals surface area contributed by atoms with Crippen LogP contribution in [0.15, 0.2) is 59.5 Å². The standard InChI is InChI=1S/C24H25N3O5S/c1-15(2)24(22(28)26-23(29)27-24)14-33(30,31)19-10-8-18(9-11-19)32-13-17-12-16(3)25-21-7-5-4-6-20(17)21/h4-12,15H,13-14H2,1-3H3,(H2,26,27,28,29). The van der Waals surface area contributed by atoms with Crippen molar-refractivity contribution in [3.63, 3.8) is 0 Å². The summed E-state index contributed by atoms with van der Waals surface area (Å²) >= 11 is 0. The number of para-hydroxylation sites is 1. The molecule has 1 atom stereocenters. The summed E-state index contributed by atoms with van der Waals surface area (Å²) in [7, 11) is -3.86. The summed E-state index contributed by atoms with van der Waals surface area (Å²) in [5.41, 5.74) is 1.25. The van der Waals surface area contributed by atoms with Gasteiger partial charge >= 0.3 is 6.03 Å². The molecular weight excluding hydrogens is 442 g/mol. The van der Waals surface area contributed by atoms with Gasteiger partial charge in [0.1, 0.15) is 17.9 Å². The minimum Gasteiger partial charge on any atom is -0.489 e. The topological polar surface area (TPSA) is 114 Å². The summed E-state index contributed by atoms with van der Waals surface area (Å²) in [6.45, 7) is 5.62. The van der Waals surface area contributed by atoms with Crippen LogP contribution in [0.2, 0.25) is 0 Å². The third-order valence-corrected chi connectivity index (χ3v) is 7.71. The maximum absolute atomic E-state index is 13.0. The lowest BCUT2D eigenvalue weighted by Crippen LogP contribution is -2.56. The van der Waals surface area contributed by atoms with Gasteiger partial charge in [0.25, 0.3) is 5.91 Å². The molecule has 1 aliphatic rings. The predicted octanol–water partition coefficient (Wildman–Crippen LogP) is 3.13. The maximum atomic E-state index is 13.0. The third-order valence-electron chi connectivity index (χ3n) is 5.88. The van der Waals surface area contributed by atoms with Crippen LogP contribution >= 0.6 is 0 Å². The van der Waals surface area contributed by atoms with Gasteiger partial charge in [-0.2, -0.15) is 0 Å². The lowest BCUT2D eigenvalue weighted by Gasteiger charge is -2.29. The molecule has 172 valence electrons. The van der Waals surface area contributed by atoms with E-state index in [1.54, 1.807) is 26.0 Å². The number of carbonyl (C=O) groups excluding carboxylic acids is 2. The normalized spacial score (nSPS) is 18.4. The van der Waals surface area contributed by atoms with E-state index in [1.807, 2.05) is 37.3 Å². The Morgan fingerprint density at radius 1 is 1.06 bits per heavy atom. The number of fused-ring (bicyclic) bond motifs is 1. The summed E-state index contributed by atoms with van der Waals surface area (Å²) in [6, 6.07) is 15.1. The molecule has 0 saturated carbocycles. The fraction of sp³-hybridized carbons (Fsp3) is 0.292. The number of hydrogen-bond donors (Lipinski definition) is 2. The molecule has 0 bridgehead atoms. The molecule has 0 spiro atoms. The molecule has 1 aromatic heterocycles. The molecule has 1 fully saturated rings. The quantitative estimate of drug-likeness (QED) is 0.516. The number of carbonyl (C=O) groups is 2. The van der Waals surface area contributed by atoms with Gasteiger partial charge in [-0.25, -0.2) is 13.2 Å². The minimum absolute atomic E-state index is 0.0500. The molecule has 2 N–H and O–H groups in total. The first kappa shape index (κ1) is 22.7. The largest absolute Gasteiger partial charge is 0.489 e. The second-order valence-electron chi connectivity index (χ2n) is 8.49. The lowest BCUT2D eigenvalue weighted by atomic mass is 9.88. The summed E-state index contributed by atoms with van der Waals surface area (Å²) in [5, 5.41) is 5.64. The van der Waals surface area contributed by atoms with Crippen LogP contribution in [0, 0.1) is 12.8 Å². The minimum atomic E-state index is -3.86. The molecule has 8 nitrogen and oxygen atoms in total. The number of amides is 3. The number of sulfone groups is 1. The van der Waals surface area contributed by atoms with E-state index in [0.29, 0.717) is 12.4 Å². The Bertz CT molecular complexity index is 1340. The Balaban J connectivity index is 1.52. The highest BCUT2D eigenvalue weighted by molar-refractivity contribution is 7.91. The highest BCUT2D eigenvalue weighted by Crippen LogP contribution is 2.28. The average Bonchev–Trinajstić information content (AvgIpc) is 3.05. The average molecular weight is 468 g/mol. The van der Waals surface area contributed by atoms with Crippen LogP contribution in [0.1, 0.15) is 25.1 Å². The van der Waals surface area contributed by atoms with Gasteiger partial charge in [0.05, 0.1) is 16.2 Å². The molecule has 3 aromatic rings. The number of nitrogens with zero attached hydrogens (tertiary/aromatic N) is 1. The number of ether oxygens (including phenoxy) is 1. The van der Waals surface area contributed by atoms with Gasteiger partial charge in [-0.05, 0) is 49.2 Å². The number of nitrogens with one attached hydrogen (secondary N) is 2. The third kappa shape index (κ3) is 4.41. The molecule has 0 radical (unpaired) electrons. The van der Waals surface area contributed by atoms with Crippen LogP contribution < -0.4 is 15.4 Å². The van der Waals surface area contributed by atoms with E-state index >= 15 is 0 Å². The molecule has 33 heavy (non-hydrogen) atoms. The first-order valence-electron chi connectivity index (χ1n) is 10.6.